The van der Waals surface area contributed by atoms with Crippen LogP contribution in [0.15, 0.2) is 36.8 Å². The topological polar surface area (TPSA) is 67.1 Å². The van der Waals surface area contributed by atoms with Crippen LogP contribution in [-0.2, 0) is 5.41 Å². The van der Waals surface area contributed by atoms with Crippen molar-refractivity contribution in [3.05, 3.63) is 42.5 Å². The largest absolute Gasteiger partial charge is 0.399 e. The molecule has 1 saturated carbocycles. The van der Waals surface area contributed by atoms with Crippen LogP contribution in [0.5, 0.6) is 0 Å². The molecule has 1 saturated heterocycles. The normalized spacial score (nSPS) is 21.3. The lowest BCUT2D eigenvalue weighted by atomic mass is 10.0. The number of anilines is 1. The number of nitrogens with one attached hydrogen (secondary N) is 2. The molecule has 29 heavy (non-hydrogen) atoms. The molecule has 1 atom stereocenters. The van der Waals surface area contributed by atoms with Crippen LogP contribution in [0.2, 0.25) is 0 Å². The number of rotatable bonds is 4. The summed E-state index contributed by atoms with van der Waals surface area (Å²) in [5.41, 5.74) is 0.0121. The first-order valence-electron chi connectivity index (χ1n) is 9.81. The number of hydrogen-bond donors (Lipinski definition) is 2. The van der Waals surface area contributed by atoms with Crippen LogP contribution in [0.25, 0.3) is 17.0 Å². The summed E-state index contributed by atoms with van der Waals surface area (Å²) < 4.78 is 42.2. The van der Waals surface area contributed by atoms with Gasteiger partial charge >= 0.3 is 6.18 Å². The fraction of sp³-hybridized carbons (Fsp3) is 0.450. The second kappa shape index (κ2) is 6.69. The van der Waals surface area contributed by atoms with Gasteiger partial charge in [-0.1, -0.05) is 6.07 Å². The maximum Gasteiger partial charge on any atom is 0.399 e. The van der Waals surface area contributed by atoms with Crippen LogP contribution in [0.1, 0.15) is 31.4 Å². The minimum Gasteiger partial charge on any atom is -0.366 e. The van der Waals surface area contributed by atoms with E-state index in [9.17, 15) is 13.2 Å². The molecule has 2 fully saturated rings. The highest BCUT2D eigenvalue weighted by molar-refractivity contribution is 5.62. The molecule has 0 radical (unpaired) electrons. The molecule has 2 N–H and O–H groups in total. The standard InChI is InChI=1S/C20H21F3N6/c21-20(22,23)19(6-7-19)16-12-29-15(10-26-18(29)11-25-16)14-4-1-5-17(28-14)27-13-3-2-8-24-9-13/h1,4-5,10-13,24H,2-3,6-9H2,(H,27,28). The molecule has 2 aliphatic rings. The lowest BCUT2D eigenvalue weighted by Gasteiger charge is -2.24. The Labute approximate surface area is 165 Å². The lowest BCUT2D eigenvalue weighted by molar-refractivity contribution is -0.161. The van der Waals surface area contributed by atoms with Gasteiger partial charge < -0.3 is 10.6 Å². The number of halogens is 3. The van der Waals surface area contributed by atoms with Crippen molar-refractivity contribution in [1.82, 2.24) is 24.7 Å². The van der Waals surface area contributed by atoms with Crippen molar-refractivity contribution in [3.8, 4) is 11.4 Å². The van der Waals surface area contributed by atoms with Crippen LogP contribution in [0.4, 0.5) is 19.0 Å². The molecule has 4 heterocycles. The van der Waals surface area contributed by atoms with Crippen molar-refractivity contribution in [2.75, 3.05) is 18.4 Å². The van der Waals surface area contributed by atoms with Gasteiger partial charge in [0.15, 0.2) is 5.65 Å². The highest BCUT2D eigenvalue weighted by atomic mass is 19.4. The SMILES string of the molecule is FC(F)(F)C1(c2cn3c(-c4cccc(NC5CCCNC5)n4)cnc3cn2)CC1. The Hall–Kier alpha value is -2.68. The highest BCUT2D eigenvalue weighted by Gasteiger charge is 2.65. The van der Waals surface area contributed by atoms with E-state index in [4.69, 9.17) is 0 Å². The van der Waals surface area contributed by atoms with E-state index in [1.54, 1.807) is 10.6 Å². The van der Waals surface area contributed by atoms with E-state index in [1.807, 2.05) is 18.2 Å². The van der Waals surface area contributed by atoms with Crippen LogP contribution < -0.4 is 10.6 Å². The Bertz CT molecular complexity index is 1030. The van der Waals surface area contributed by atoms with E-state index >= 15 is 0 Å². The highest BCUT2D eigenvalue weighted by Crippen LogP contribution is 2.58. The maximum absolute atomic E-state index is 13.5. The van der Waals surface area contributed by atoms with E-state index in [0.29, 0.717) is 23.1 Å². The summed E-state index contributed by atoms with van der Waals surface area (Å²) in [7, 11) is 0. The number of fused-ring (bicyclic) bond motifs is 1. The van der Waals surface area contributed by atoms with Gasteiger partial charge in [-0.25, -0.2) is 9.97 Å². The molecule has 3 aromatic heterocycles. The number of piperidine rings is 1. The van der Waals surface area contributed by atoms with E-state index in [1.165, 1.54) is 12.4 Å². The van der Waals surface area contributed by atoms with Crippen molar-refractivity contribution in [2.45, 2.75) is 43.3 Å². The van der Waals surface area contributed by atoms with Gasteiger partial charge in [0.25, 0.3) is 0 Å². The zero-order valence-corrected chi connectivity index (χ0v) is 15.7. The first-order valence-corrected chi connectivity index (χ1v) is 9.81. The first kappa shape index (κ1) is 18.4. The Morgan fingerprint density at radius 3 is 2.76 bits per heavy atom. The van der Waals surface area contributed by atoms with Gasteiger partial charge in [0, 0.05) is 18.8 Å². The number of alkyl halides is 3. The molecule has 0 aromatic carbocycles. The molecule has 0 bridgehead atoms. The molecule has 0 amide bonds. The van der Waals surface area contributed by atoms with Crippen molar-refractivity contribution in [2.24, 2.45) is 0 Å². The third-order valence-electron chi connectivity index (χ3n) is 5.84. The summed E-state index contributed by atoms with van der Waals surface area (Å²) in [4.78, 5) is 13.0. The third kappa shape index (κ3) is 3.23. The average Bonchev–Trinajstić information content (AvgIpc) is 3.43. The molecule has 1 aliphatic heterocycles. The van der Waals surface area contributed by atoms with Crippen molar-refractivity contribution >= 4 is 11.5 Å². The van der Waals surface area contributed by atoms with E-state index in [0.717, 1.165) is 31.7 Å². The molecular weight excluding hydrogens is 381 g/mol. The monoisotopic (exact) mass is 402 g/mol. The molecule has 3 aromatic rings. The Morgan fingerprint density at radius 2 is 2.03 bits per heavy atom. The molecule has 6 nitrogen and oxygen atoms in total. The van der Waals surface area contributed by atoms with Crippen LogP contribution in [-0.4, -0.2) is 44.7 Å². The average molecular weight is 402 g/mol. The molecule has 1 aliphatic carbocycles. The minimum atomic E-state index is -4.30. The van der Waals surface area contributed by atoms with Gasteiger partial charge in [-0.15, -0.1) is 0 Å². The smallest absolute Gasteiger partial charge is 0.366 e. The summed E-state index contributed by atoms with van der Waals surface area (Å²) in [5, 5.41) is 6.79. The fourth-order valence-corrected chi connectivity index (χ4v) is 3.98. The molecule has 9 heteroatoms. The van der Waals surface area contributed by atoms with Gasteiger partial charge in [0.05, 0.1) is 29.5 Å². The summed E-state index contributed by atoms with van der Waals surface area (Å²) in [6.45, 7) is 1.92. The minimum absolute atomic E-state index is 0.0410. The number of imidazole rings is 1. The molecular formula is C20H21F3N6. The quantitative estimate of drug-likeness (QED) is 0.699. The van der Waals surface area contributed by atoms with Gasteiger partial charge in [0.1, 0.15) is 11.2 Å². The molecule has 1 unspecified atom stereocenters. The van der Waals surface area contributed by atoms with Gasteiger partial charge in [0.2, 0.25) is 0 Å². The third-order valence-corrected chi connectivity index (χ3v) is 5.84. The van der Waals surface area contributed by atoms with Crippen molar-refractivity contribution < 1.29 is 13.2 Å². The van der Waals surface area contributed by atoms with Gasteiger partial charge in [-0.2, -0.15) is 13.2 Å². The van der Waals surface area contributed by atoms with Crippen LogP contribution in [0, 0.1) is 0 Å². The van der Waals surface area contributed by atoms with Crippen molar-refractivity contribution in [1.29, 1.82) is 0 Å². The molecule has 152 valence electrons. The Balaban J connectivity index is 1.49. The second-order valence-electron chi connectivity index (χ2n) is 7.82. The first-order chi connectivity index (χ1) is 14.0. The number of hydrogen-bond acceptors (Lipinski definition) is 5. The number of aromatic nitrogens is 4. The van der Waals surface area contributed by atoms with E-state index in [2.05, 4.69) is 25.6 Å². The summed E-state index contributed by atoms with van der Waals surface area (Å²) >= 11 is 0. The summed E-state index contributed by atoms with van der Waals surface area (Å²) in [6.07, 6.45) is 2.53. The number of nitrogens with zero attached hydrogens (tertiary/aromatic N) is 4. The van der Waals surface area contributed by atoms with Crippen LogP contribution >= 0.6 is 0 Å². The Kier molecular flexibility index (Phi) is 4.23. The van der Waals surface area contributed by atoms with E-state index in [-0.39, 0.29) is 18.5 Å². The van der Waals surface area contributed by atoms with Crippen LogP contribution in [0.3, 0.4) is 0 Å². The zero-order valence-electron chi connectivity index (χ0n) is 15.7. The van der Waals surface area contributed by atoms with Crippen molar-refractivity contribution in [3.63, 3.8) is 0 Å². The number of pyridine rings is 1. The fourth-order valence-electron chi connectivity index (χ4n) is 3.98. The summed E-state index contributed by atoms with van der Waals surface area (Å²) in [5.74, 6) is 0.745. The second-order valence-corrected chi connectivity index (χ2v) is 7.82. The van der Waals surface area contributed by atoms with Gasteiger partial charge in [-0.05, 0) is 44.4 Å². The van der Waals surface area contributed by atoms with Gasteiger partial charge in [-0.3, -0.25) is 9.38 Å². The lowest BCUT2D eigenvalue weighted by Crippen LogP contribution is -2.38. The predicted octanol–water partition coefficient (Wildman–Crippen LogP) is 3.55. The maximum atomic E-state index is 13.5. The predicted molar refractivity (Wildman–Crippen MR) is 103 cm³/mol. The van der Waals surface area contributed by atoms with E-state index < -0.39 is 11.6 Å². The molecule has 0 spiro atoms. The zero-order chi connectivity index (χ0) is 20.1. The molecule has 5 rings (SSSR count). The summed E-state index contributed by atoms with van der Waals surface area (Å²) in [6, 6.07) is 5.94. The Morgan fingerprint density at radius 1 is 1.17 bits per heavy atom.